The summed E-state index contributed by atoms with van der Waals surface area (Å²) in [6, 6.07) is 19.5. The Balaban J connectivity index is 2.08. The fourth-order valence-corrected chi connectivity index (χ4v) is 2.01. The maximum Gasteiger partial charge on any atom is -0.00915 e. The fraction of sp³-hybridized carbons (Fsp3) is 0.222. The highest BCUT2D eigenvalue weighted by Gasteiger charge is 1.96. The zero-order valence-corrected chi connectivity index (χ0v) is 11.2. The lowest BCUT2D eigenvalue weighted by Crippen LogP contribution is -1.85. The van der Waals surface area contributed by atoms with Gasteiger partial charge in [-0.05, 0) is 42.0 Å². The van der Waals surface area contributed by atoms with E-state index in [0.29, 0.717) is 0 Å². The summed E-state index contributed by atoms with van der Waals surface area (Å²) in [6.45, 7) is 4.37. The Morgan fingerprint density at radius 3 is 2.17 bits per heavy atom. The quantitative estimate of drug-likeness (QED) is 0.708. The van der Waals surface area contributed by atoms with E-state index in [2.05, 4.69) is 74.5 Å². The Bertz CT molecular complexity index is 503. The van der Waals surface area contributed by atoms with Crippen molar-refractivity contribution in [3.05, 3.63) is 77.4 Å². The summed E-state index contributed by atoms with van der Waals surface area (Å²) in [5.41, 5.74) is 5.43. The lowest BCUT2D eigenvalue weighted by atomic mass is 10.0. The molecule has 0 radical (unpaired) electrons. The van der Waals surface area contributed by atoms with Gasteiger partial charge in [0.1, 0.15) is 0 Å². The van der Waals surface area contributed by atoms with Crippen molar-refractivity contribution in [2.24, 2.45) is 0 Å². The van der Waals surface area contributed by atoms with Crippen LogP contribution in [0, 0.1) is 0 Å². The van der Waals surface area contributed by atoms with Crippen molar-refractivity contribution in [1.82, 2.24) is 0 Å². The predicted octanol–water partition coefficient (Wildman–Crippen LogP) is 4.90. The van der Waals surface area contributed by atoms with Crippen molar-refractivity contribution in [1.29, 1.82) is 0 Å². The molecule has 2 rings (SSSR count). The molecule has 0 heteroatoms. The first kappa shape index (κ1) is 12.6. The van der Waals surface area contributed by atoms with Crippen molar-refractivity contribution < 1.29 is 0 Å². The van der Waals surface area contributed by atoms with Crippen molar-refractivity contribution >= 4 is 5.57 Å². The van der Waals surface area contributed by atoms with Gasteiger partial charge in [0.25, 0.3) is 0 Å². The minimum atomic E-state index is 1.00. The standard InChI is InChI=1S/C18H20/c1-3-16-11-13-18(14-12-16)15(2)9-10-17-7-5-4-6-8-17/h4-9,11-14H,3,10H2,1-2H3. The summed E-state index contributed by atoms with van der Waals surface area (Å²) in [5.74, 6) is 0. The Morgan fingerprint density at radius 2 is 1.56 bits per heavy atom. The van der Waals surface area contributed by atoms with Crippen LogP contribution in [0.25, 0.3) is 5.57 Å². The van der Waals surface area contributed by atoms with Crippen molar-refractivity contribution in [2.75, 3.05) is 0 Å². The number of allylic oxidation sites excluding steroid dienone is 2. The van der Waals surface area contributed by atoms with Crippen LogP contribution in [0.3, 0.4) is 0 Å². The molecule has 0 saturated carbocycles. The van der Waals surface area contributed by atoms with Crippen molar-refractivity contribution in [2.45, 2.75) is 26.7 Å². The van der Waals surface area contributed by atoms with Crippen LogP contribution in [0.2, 0.25) is 0 Å². The molecule has 0 nitrogen and oxygen atoms in total. The maximum absolute atomic E-state index is 2.30. The highest BCUT2D eigenvalue weighted by molar-refractivity contribution is 5.64. The summed E-state index contributed by atoms with van der Waals surface area (Å²) in [4.78, 5) is 0. The van der Waals surface area contributed by atoms with Gasteiger partial charge in [-0.3, -0.25) is 0 Å². The predicted molar refractivity (Wildman–Crippen MR) is 79.6 cm³/mol. The molecule has 0 aliphatic carbocycles. The molecule has 0 bridgehead atoms. The van der Waals surface area contributed by atoms with Gasteiger partial charge in [-0.25, -0.2) is 0 Å². The highest BCUT2D eigenvalue weighted by Crippen LogP contribution is 2.16. The largest absolute Gasteiger partial charge is 0.0766 e. The van der Waals surface area contributed by atoms with Crippen LogP contribution < -0.4 is 0 Å². The molecule has 2 aromatic carbocycles. The van der Waals surface area contributed by atoms with Gasteiger partial charge in [0.2, 0.25) is 0 Å². The van der Waals surface area contributed by atoms with E-state index < -0.39 is 0 Å². The van der Waals surface area contributed by atoms with Gasteiger partial charge in [0.05, 0.1) is 0 Å². The minimum absolute atomic E-state index is 1.00. The molecule has 0 aromatic heterocycles. The smallest absolute Gasteiger partial charge is 0.00915 e. The summed E-state index contributed by atoms with van der Waals surface area (Å²) in [7, 11) is 0. The first-order chi connectivity index (χ1) is 8.79. The number of hydrogen-bond acceptors (Lipinski definition) is 0. The zero-order valence-electron chi connectivity index (χ0n) is 11.2. The summed E-state index contributed by atoms with van der Waals surface area (Å²) in [5, 5.41) is 0. The average Bonchev–Trinajstić information content (AvgIpc) is 2.46. The van der Waals surface area contributed by atoms with E-state index in [1.165, 1.54) is 22.3 Å². The SMILES string of the molecule is CCc1ccc(C(C)=CCc2ccccc2)cc1. The van der Waals surface area contributed by atoms with E-state index >= 15 is 0 Å². The van der Waals surface area contributed by atoms with E-state index in [0.717, 1.165) is 12.8 Å². The molecular weight excluding hydrogens is 216 g/mol. The third kappa shape index (κ3) is 3.33. The van der Waals surface area contributed by atoms with Gasteiger partial charge in [-0.1, -0.05) is 67.6 Å². The number of aryl methyl sites for hydroxylation is 1. The van der Waals surface area contributed by atoms with Crippen molar-refractivity contribution in [3.8, 4) is 0 Å². The molecule has 0 unspecified atom stereocenters. The minimum Gasteiger partial charge on any atom is -0.0766 e. The van der Waals surface area contributed by atoms with Crippen LogP contribution in [-0.4, -0.2) is 0 Å². The molecular formula is C18H20. The second kappa shape index (κ2) is 6.20. The molecule has 2 aromatic rings. The number of benzene rings is 2. The van der Waals surface area contributed by atoms with Gasteiger partial charge < -0.3 is 0 Å². The number of hydrogen-bond donors (Lipinski definition) is 0. The van der Waals surface area contributed by atoms with Crippen LogP contribution in [0.4, 0.5) is 0 Å². The van der Waals surface area contributed by atoms with E-state index in [1.807, 2.05) is 0 Å². The van der Waals surface area contributed by atoms with Gasteiger partial charge in [0, 0.05) is 0 Å². The van der Waals surface area contributed by atoms with Crippen LogP contribution in [-0.2, 0) is 12.8 Å². The van der Waals surface area contributed by atoms with E-state index in [-0.39, 0.29) is 0 Å². The zero-order chi connectivity index (χ0) is 12.8. The molecule has 92 valence electrons. The Labute approximate surface area is 110 Å². The lowest BCUT2D eigenvalue weighted by molar-refractivity contribution is 1.14. The highest BCUT2D eigenvalue weighted by atomic mass is 14.0. The van der Waals surface area contributed by atoms with Crippen LogP contribution >= 0.6 is 0 Å². The normalized spacial score (nSPS) is 11.6. The summed E-state index contributed by atoms with van der Waals surface area (Å²) in [6.07, 6.45) is 4.41. The third-order valence-electron chi connectivity index (χ3n) is 3.30. The molecule has 0 fully saturated rings. The molecule has 18 heavy (non-hydrogen) atoms. The topological polar surface area (TPSA) is 0 Å². The lowest BCUT2D eigenvalue weighted by Gasteiger charge is -2.04. The van der Waals surface area contributed by atoms with E-state index in [9.17, 15) is 0 Å². The molecule has 0 atom stereocenters. The second-order valence-electron chi connectivity index (χ2n) is 4.63. The summed E-state index contributed by atoms with van der Waals surface area (Å²) < 4.78 is 0. The fourth-order valence-electron chi connectivity index (χ4n) is 2.01. The first-order valence-electron chi connectivity index (χ1n) is 6.59. The Kier molecular flexibility index (Phi) is 4.35. The van der Waals surface area contributed by atoms with E-state index in [4.69, 9.17) is 0 Å². The van der Waals surface area contributed by atoms with Crippen LogP contribution in [0.15, 0.2) is 60.7 Å². The molecule has 0 spiro atoms. The van der Waals surface area contributed by atoms with Crippen molar-refractivity contribution in [3.63, 3.8) is 0 Å². The average molecular weight is 236 g/mol. The Morgan fingerprint density at radius 1 is 0.889 bits per heavy atom. The van der Waals surface area contributed by atoms with Gasteiger partial charge in [-0.15, -0.1) is 0 Å². The molecule has 0 aliphatic rings. The second-order valence-corrected chi connectivity index (χ2v) is 4.63. The molecule has 0 N–H and O–H groups in total. The van der Waals surface area contributed by atoms with Gasteiger partial charge in [-0.2, -0.15) is 0 Å². The third-order valence-corrected chi connectivity index (χ3v) is 3.30. The van der Waals surface area contributed by atoms with Gasteiger partial charge >= 0.3 is 0 Å². The van der Waals surface area contributed by atoms with E-state index in [1.54, 1.807) is 0 Å². The monoisotopic (exact) mass is 236 g/mol. The molecule has 0 saturated heterocycles. The van der Waals surface area contributed by atoms with Gasteiger partial charge in [0.15, 0.2) is 0 Å². The molecule has 0 heterocycles. The first-order valence-corrected chi connectivity index (χ1v) is 6.59. The molecule has 0 aliphatic heterocycles. The summed E-state index contributed by atoms with van der Waals surface area (Å²) >= 11 is 0. The Hall–Kier alpha value is -1.82. The molecule has 0 amide bonds. The maximum atomic E-state index is 2.30. The van der Waals surface area contributed by atoms with Crippen LogP contribution in [0.5, 0.6) is 0 Å². The number of rotatable bonds is 4. The van der Waals surface area contributed by atoms with Crippen LogP contribution in [0.1, 0.15) is 30.5 Å².